The van der Waals surface area contributed by atoms with Gasteiger partial charge >= 0.3 is 0 Å². The molecule has 0 bridgehead atoms. The summed E-state index contributed by atoms with van der Waals surface area (Å²) >= 11 is 0. The highest BCUT2D eigenvalue weighted by atomic mass is 32.2. The van der Waals surface area contributed by atoms with Gasteiger partial charge in [0, 0.05) is 25.2 Å². The highest BCUT2D eigenvalue weighted by Gasteiger charge is 2.37. The first-order valence-electron chi connectivity index (χ1n) is 8.12. The van der Waals surface area contributed by atoms with Gasteiger partial charge in [-0.1, -0.05) is 30.3 Å². The summed E-state index contributed by atoms with van der Waals surface area (Å²) in [4.78, 5) is 12.3. The van der Waals surface area contributed by atoms with E-state index in [0.29, 0.717) is 26.2 Å². The van der Waals surface area contributed by atoms with Crippen LogP contribution in [0.2, 0.25) is 0 Å². The molecule has 1 aromatic rings. The molecule has 0 saturated carbocycles. The highest BCUT2D eigenvalue weighted by Crippen LogP contribution is 2.34. The summed E-state index contributed by atoms with van der Waals surface area (Å²) in [6.45, 7) is 1.90. The first kappa shape index (κ1) is 16.5. The van der Waals surface area contributed by atoms with Crippen LogP contribution in [0.3, 0.4) is 0 Å². The Morgan fingerprint density at radius 3 is 2.52 bits per heavy atom. The van der Waals surface area contributed by atoms with Crippen molar-refractivity contribution >= 4 is 15.7 Å². The van der Waals surface area contributed by atoms with E-state index < -0.39 is 15.8 Å². The highest BCUT2D eigenvalue weighted by molar-refractivity contribution is 7.91. The zero-order valence-electron chi connectivity index (χ0n) is 13.2. The largest absolute Gasteiger partial charge is 0.381 e. The van der Waals surface area contributed by atoms with Crippen LogP contribution in [0.5, 0.6) is 0 Å². The van der Waals surface area contributed by atoms with E-state index in [4.69, 9.17) is 4.74 Å². The summed E-state index contributed by atoms with van der Waals surface area (Å²) in [5, 5.41) is 3.01. The molecular formula is C17H23NO4S. The maximum atomic E-state index is 12.3. The lowest BCUT2D eigenvalue weighted by molar-refractivity contribution is -0.124. The number of hydrogen-bond donors (Lipinski definition) is 1. The molecule has 1 aromatic carbocycles. The minimum Gasteiger partial charge on any atom is -0.381 e. The lowest BCUT2D eigenvalue weighted by Crippen LogP contribution is -2.46. The SMILES string of the molecule is O=C(NCC1(c2ccccc2)CCOCC1)[C@H]1CCS(=O)(=O)C1. The van der Waals surface area contributed by atoms with Gasteiger partial charge in [-0.3, -0.25) is 4.79 Å². The topological polar surface area (TPSA) is 72.5 Å². The van der Waals surface area contributed by atoms with E-state index in [0.717, 1.165) is 12.8 Å². The molecule has 0 aliphatic carbocycles. The maximum Gasteiger partial charge on any atom is 0.224 e. The van der Waals surface area contributed by atoms with Crippen LogP contribution in [0.25, 0.3) is 0 Å². The third-order valence-electron chi connectivity index (χ3n) is 5.04. The van der Waals surface area contributed by atoms with Crippen molar-refractivity contribution in [3.05, 3.63) is 35.9 Å². The van der Waals surface area contributed by atoms with E-state index in [9.17, 15) is 13.2 Å². The molecule has 23 heavy (non-hydrogen) atoms. The zero-order valence-corrected chi connectivity index (χ0v) is 14.0. The number of benzene rings is 1. The molecule has 0 spiro atoms. The molecular weight excluding hydrogens is 314 g/mol. The van der Waals surface area contributed by atoms with Gasteiger partial charge in [0.25, 0.3) is 0 Å². The van der Waals surface area contributed by atoms with Crippen LogP contribution in [0.4, 0.5) is 0 Å². The standard InChI is InChI=1S/C17H23NO4S/c19-16(14-6-11-23(20,21)12-14)18-13-17(7-9-22-10-8-17)15-4-2-1-3-5-15/h1-5,14H,6-13H2,(H,18,19)/t14-/m0/s1. The van der Waals surface area contributed by atoms with Crippen molar-refractivity contribution in [2.75, 3.05) is 31.3 Å². The minimum atomic E-state index is -3.03. The Balaban J connectivity index is 1.69. The van der Waals surface area contributed by atoms with Crippen LogP contribution in [0.15, 0.2) is 30.3 Å². The molecule has 1 atom stereocenters. The van der Waals surface area contributed by atoms with Crippen molar-refractivity contribution in [1.29, 1.82) is 0 Å². The summed E-state index contributed by atoms with van der Waals surface area (Å²) in [5.41, 5.74) is 1.09. The molecule has 1 amide bonds. The molecule has 2 fully saturated rings. The minimum absolute atomic E-state index is 0.0136. The zero-order chi connectivity index (χ0) is 16.3. The Labute approximate surface area is 137 Å². The summed E-state index contributed by atoms with van der Waals surface area (Å²) in [6.07, 6.45) is 2.16. The van der Waals surface area contributed by atoms with E-state index in [-0.39, 0.29) is 22.8 Å². The molecule has 2 saturated heterocycles. The van der Waals surface area contributed by atoms with Crippen molar-refractivity contribution in [1.82, 2.24) is 5.32 Å². The lowest BCUT2D eigenvalue weighted by Gasteiger charge is -2.38. The Morgan fingerprint density at radius 2 is 1.91 bits per heavy atom. The number of rotatable bonds is 4. The normalized spacial score (nSPS) is 25.8. The average Bonchev–Trinajstić information content (AvgIpc) is 2.94. The van der Waals surface area contributed by atoms with E-state index in [1.54, 1.807) is 0 Å². The molecule has 0 radical (unpaired) electrons. The number of sulfone groups is 1. The fraction of sp³-hybridized carbons (Fsp3) is 0.588. The van der Waals surface area contributed by atoms with Gasteiger partial charge in [0.1, 0.15) is 0 Å². The van der Waals surface area contributed by atoms with Crippen molar-refractivity contribution in [3.63, 3.8) is 0 Å². The Bertz CT molecular complexity index is 650. The Morgan fingerprint density at radius 1 is 1.22 bits per heavy atom. The smallest absolute Gasteiger partial charge is 0.224 e. The van der Waals surface area contributed by atoms with E-state index in [1.807, 2.05) is 18.2 Å². The van der Waals surface area contributed by atoms with Gasteiger partial charge in [0.15, 0.2) is 9.84 Å². The molecule has 2 aliphatic rings. The van der Waals surface area contributed by atoms with Crippen LogP contribution >= 0.6 is 0 Å². The van der Waals surface area contributed by atoms with Crippen molar-refractivity contribution in [2.24, 2.45) is 5.92 Å². The van der Waals surface area contributed by atoms with Crippen LogP contribution in [0, 0.1) is 5.92 Å². The summed E-state index contributed by atoms with van der Waals surface area (Å²) in [5.74, 6) is -0.413. The maximum absolute atomic E-state index is 12.3. The molecule has 6 heteroatoms. The second-order valence-corrected chi connectivity index (χ2v) is 8.81. The Hall–Kier alpha value is -1.40. The molecule has 1 N–H and O–H groups in total. The van der Waals surface area contributed by atoms with Gasteiger partial charge in [-0.15, -0.1) is 0 Å². The monoisotopic (exact) mass is 337 g/mol. The van der Waals surface area contributed by atoms with Crippen LogP contribution in [-0.2, 0) is 24.8 Å². The first-order chi connectivity index (χ1) is 11.0. The van der Waals surface area contributed by atoms with Crippen molar-refractivity contribution in [3.8, 4) is 0 Å². The van der Waals surface area contributed by atoms with Gasteiger partial charge in [-0.25, -0.2) is 8.42 Å². The van der Waals surface area contributed by atoms with Crippen molar-refractivity contribution < 1.29 is 17.9 Å². The number of carbonyl (C=O) groups is 1. The predicted octanol–water partition coefficient (Wildman–Crippen LogP) is 1.29. The second kappa shape index (κ2) is 6.61. The quantitative estimate of drug-likeness (QED) is 0.898. The van der Waals surface area contributed by atoms with Gasteiger partial charge < -0.3 is 10.1 Å². The number of nitrogens with one attached hydrogen (secondary N) is 1. The molecule has 2 aliphatic heterocycles. The summed E-state index contributed by atoms with van der Waals surface area (Å²) < 4.78 is 28.6. The predicted molar refractivity (Wildman–Crippen MR) is 87.9 cm³/mol. The molecule has 3 rings (SSSR count). The van der Waals surface area contributed by atoms with Gasteiger partial charge in [-0.05, 0) is 24.8 Å². The first-order valence-corrected chi connectivity index (χ1v) is 9.94. The number of hydrogen-bond acceptors (Lipinski definition) is 4. The van der Waals surface area contributed by atoms with Gasteiger partial charge in [0.2, 0.25) is 5.91 Å². The number of ether oxygens (including phenoxy) is 1. The third-order valence-corrected chi connectivity index (χ3v) is 6.81. The Kier molecular flexibility index (Phi) is 4.73. The van der Waals surface area contributed by atoms with E-state index >= 15 is 0 Å². The van der Waals surface area contributed by atoms with Crippen LogP contribution < -0.4 is 5.32 Å². The molecule has 126 valence electrons. The average molecular weight is 337 g/mol. The summed E-state index contributed by atoms with van der Waals surface area (Å²) in [7, 11) is -3.03. The lowest BCUT2D eigenvalue weighted by atomic mass is 9.74. The van der Waals surface area contributed by atoms with Crippen LogP contribution in [0.1, 0.15) is 24.8 Å². The molecule has 2 heterocycles. The molecule has 0 aromatic heterocycles. The molecule has 0 unspecified atom stereocenters. The fourth-order valence-electron chi connectivity index (χ4n) is 3.52. The van der Waals surface area contributed by atoms with Crippen molar-refractivity contribution in [2.45, 2.75) is 24.7 Å². The van der Waals surface area contributed by atoms with Crippen LogP contribution in [-0.4, -0.2) is 45.6 Å². The van der Waals surface area contributed by atoms with Gasteiger partial charge in [0.05, 0.1) is 17.4 Å². The van der Waals surface area contributed by atoms with E-state index in [2.05, 4.69) is 17.4 Å². The molecule has 5 nitrogen and oxygen atoms in total. The van der Waals surface area contributed by atoms with E-state index in [1.165, 1.54) is 5.56 Å². The second-order valence-electron chi connectivity index (χ2n) is 6.58. The summed E-state index contributed by atoms with van der Waals surface area (Å²) in [6, 6.07) is 10.2. The third kappa shape index (κ3) is 3.75. The number of carbonyl (C=O) groups excluding carboxylic acids is 1. The fourth-order valence-corrected chi connectivity index (χ4v) is 5.27. The number of amides is 1. The van der Waals surface area contributed by atoms with Gasteiger partial charge in [-0.2, -0.15) is 0 Å².